The molecular weight excluding hydrogens is 366 g/mol. The summed E-state index contributed by atoms with van der Waals surface area (Å²) in [5.41, 5.74) is 0.331. The maximum absolute atomic E-state index is 12.0. The van der Waals surface area contributed by atoms with Gasteiger partial charge in [0.2, 0.25) is 0 Å². The van der Waals surface area contributed by atoms with Gasteiger partial charge < -0.3 is 15.0 Å². The highest BCUT2D eigenvalue weighted by Crippen LogP contribution is 2.17. The third-order valence-electron chi connectivity index (χ3n) is 3.94. The summed E-state index contributed by atoms with van der Waals surface area (Å²) in [7, 11) is 0. The lowest BCUT2D eigenvalue weighted by atomic mass is 10.2. The standard InChI is InChI=1S/C19H19N3O4S/c1-12(15-7-4-10-27-15)20-17(23)11-26-18(24)9-8-16-21-14-6-3-2-5-13(14)19(25)22-16/h2-7,10,12H,8-9,11H2,1H3,(H,20,23)(H,21,22,25)/t12-/m0/s1. The van der Waals surface area contributed by atoms with Gasteiger partial charge in [0.25, 0.3) is 11.5 Å². The molecular formula is C19H19N3O4S. The molecule has 0 saturated carbocycles. The topological polar surface area (TPSA) is 101 Å². The number of thiophene rings is 1. The first-order valence-electron chi connectivity index (χ1n) is 8.49. The lowest BCUT2D eigenvalue weighted by Crippen LogP contribution is -2.30. The molecule has 7 nitrogen and oxygen atoms in total. The fraction of sp³-hybridized carbons (Fsp3) is 0.263. The zero-order valence-corrected chi connectivity index (χ0v) is 15.5. The predicted octanol–water partition coefficient (Wildman–Crippen LogP) is 2.34. The molecule has 3 aromatic rings. The van der Waals surface area contributed by atoms with Crippen LogP contribution < -0.4 is 10.9 Å². The highest BCUT2D eigenvalue weighted by molar-refractivity contribution is 7.10. The maximum atomic E-state index is 12.0. The summed E-state index contributed by atoms with van der Waals surface area (Å²) in [4.78, 5) is 43.8. The van der Waals surface area contributed by atoms with E-state index in [-0.39, 0.29) is 37.0 Å². The third-order valence-corrected chi connectivity index (χ3v) is 4.99. The Kier molecular flexibility index (Phi) is 5.97. The summed E-state index contributed by atoms with van der Waals surface area (Å²) in [5, 5.41) is 5.21. The molecule has 3 rings (SSSR count). The van der Waals surface area contributed by atoms with Gasteiger partial charge in [0.05, 0.1) is 23.4 Å². The number of esters is 1. The quantitative estimate of drug-likeness (QED) is 0.608. The van der Waals surface area contributed by atoms with Crippen LogP contribution in [0.5, 0.6) is 0 Å². The van der Waals surface area contributed by atoms with Gasteiger partial charge in [-0.2, -0.15) is 0 Å². The van der Waals surface area contributed by atoms with Crippen molar-refractivity contribution in [2.75, 3.05) is 6.61 Å². The predicted molar refractivity (Wildman–Crippen MR) is 103 cm³/mol. The Hall–Kier alpha value is -3.00. The van der Waals surface area contributed by atoms with Crippen LogP contribution in [0.1, 0.15) is 30.1 Å². The number of para-hydroxylation sites is 1. The largest absolute Gasteiger partial charge is 0.456 e. The molecule has 0 bridgehead atoms. The first kappa shape index (κ1) is 18.8. The Morgan fingerprint density at radius 2 is 2.07 bits per heavy atom. The van der Waals surface area contributed by atoms with Crippen LogP contribution in [-0.2, 0) is 20.7 Å². The molecule has 0 aliphatic heterocycles. The second-order valence-electron chi connectivity index (χ2n) is 6.00. The average molecular weight is 385 g/mol. The molecule has 0 radical (unpaired) electrons. The van der Waals surface area contributed by atoms with Crippen molar-refractivity contribution in [3.63, 3.8) is 0 Å². The van der Waals surface area contributed by atoms with Gasteiger partial charge in [-0.25, -0.2) is 4.98 Å². The summed E-state index contributed by atoms with van der Waals surface area (Å²) in [6, 6.07) is 10.7. The van der Waals surface area contributed by atoms with Crippen LogP contribution in [0.3, 0.4) is 0 Å². The van der Waals surface area contributed by atoms with Gasteiger partial charge in [-0.15, -0.1) is 11.3 Å². The molecule has 2 heterocycles. The van der Waals surface area contributed by atoms with Gasteiger partial charge in [-0.1, -0.05) is 18.2 Å². The molecule has 27 heavy (non-hydrogen) atoms. The van der Waals surface area contributed by atoms with Gasteiger partial charge in [0.15, 0.2) is 6.61 Å². The van der Waals surface area contributed by atoms with Crippen molar-refractivity contribution in [1.29, 1.82) is 0 Å². The van der Waals surface area contributed by atoms with E-state index in [4.69, 9.17) is 4.74 Å². The normalized spacial score (nSPS) is 11.9. The van der Waals surface area contributed by atoms with Crippen molar-refractivity contribution in [1.82, 2.24) is 15.3 Å². The molecule has 8 heteroatoms. The summed E-state index contributed by atoms with van der Waals surface area (Å²) in [6.45, 7) is 1.53. The Morgan fingerprint density at radius 3 is 2.85 bits per heavy atom. The maximum Gasteiger partial charge on any atom is 0.306 e. The lowest BCUT2D eigenvalue weighted by Gasteiger charge is -2.12. The van der Waals surface area contributed by atoms with Crippen molar-refractivity contribution in [3.05, 3.63) is 62.8 Å². The van der Waals surface area contributed by atoms with Crippen LogP contribution in [0.15, 0.2) is 46.6 Å². The van der Waals surface area contributed by atoms with Gasteiger partial charge in [-0.3, -0.25) is 14.4 Å². The fourth-order valence-corrected chi connectivity index (χ4v) is 3.32. The Labute approximate surface area is 159 Å². The van der Waals surface area contributed by atoms with Crippen molar-refractivity contribution in [2.45, 2.75) is 25.8 Å². The number of nitrogens with one attached hydrogen (secondary N) is 2. The molecule has 0 aliphatic rings. The van der Waals surface area contributed by atoms with Gasteiger partial charge in [0, 0.05) is 11.3 Å². The van der Waals surface area contributed by atoms with E-state index in [9.17, 15) is 14.4 Å². The van der Waals surface area contributed by atoms with E-state index < -0.39 is 5.97 Å². The van der Waals surface area contributed by atoms with E-state index in [0.29, 0.717) is 16.7 Å². The number of benzene rings is 1. The van der Waals surface area contributed by atoms with Crippen LogP contribution in [0.25, 0.3) is 10.9 Å². The molecule has 0 fully saturated rings. The molecule has 0 aliphatic carbocycles. The summed E-state index contributed by atoms with van der Waals surface area (Å²) in [5.74, 6) is -0.474. The minimum atomic E-state index is -0.523. The molecule has 140 valence electrons. The van der Waals surface area contributed by atoms with Crippen LogP contribution in [0.4, 0.5) is 0 Å². The number of aromatic amines is 1. The van der Waals surface area contributed by atoms with E-state index in [1.165, 1.54) is 0 Å². The Morgan fingerprint density at radius 1 is 1.26 bits per heavy atom. The lowest BCUT2D eigenvalue weighted by molar-refractivity contribution is -0.148. The SMILES string of the molecule is C[C@H](NC(=O)COC(=O)CCc1nc2ccccc2c(=O)[nH]1)c1cccs1. The number of H-pyrrole nitrogens is 1. The fourth-order valence-electron chi connectivity index (χ4n) is 2.58. The summed E-state index contributed by atoms with van der Waals surface area (Å²) >= 11 is 1.55. The van der Waals surface area contributed by atoms with Gasteiger partial charge >= 0.3 is 5.97 Å². The number of fused-ring (bicyclic) bond motifs is 1. The summed E-state index contributed by atoms with van der Waals surface area (Å²) < 4.78 is 4.99. The van der Waals surface area contributed by atoms with Crippen LogP contribution in [0, 0.1) is 0 Å². The molecule has 0 spiro atoms. The molecule has 0 saturated heterocycles. The van der Waals surface area contributed by atoms with E-state index in [1.54, 1.807) is 35.6 Å². The molecule has 1 amide bonds. The smallest absolute Gasteiger partial charge is 0.306 e. The zero-order chi connectivity index (χ0) is 19.2. The summed E-state index contributed by atoms with van der Waals surface area (Å²) in [6.07, 6.45) is 0.251. The van der Waals surface area contributed by atoms with E-state index in [2.05, 4.69) is 15.3 Å². The van der Waals surface area contributed by atoms with Crippen LogP contribution in [0.2, 0.25) is 0 Å². The first-order valence-corrected chi connectivity index (χ1v) is 9.37. The number of hydrogen-bond acceptors (Lipinski definition) is 6. The number of ether oxygens (including phenoxy) is 1. The number of nitrogens with zero attached hydrogens (tertiary/aromatic N) is 1. The third kappa shape index (κ3) is 5.01. The molecule has 1 atom stereocenters. The van der Waals surface area contributed by atoms with Crippen molar-refractivity contribution in [3.8, 4) is 0 Å². The van der Waals surface area contributed by atoms with Crippen LogP contribution in [-0.4, -0.2) is 28.5 Å². The Balaban J connectivity index is 1.47. The monoisotopic (exact) mass is 385 g/mol. The Bertz CT molecular complexity index is 998. The number of rotatable bonds is 7. The average Bonchev–Trinajstić information content (AvgIpc) is 3.20. The first-order chi connectivity index (χ1) is 13.0. The highest BCUT2D eigenvalue weighted by Gasteiger charge is 2.13. The molecule has 2 aromatic heterocycles. The minimum Gasteiger partial charge on any atom is -0.456 e. The number of aromatic nitrogens is 2. The van der Waals surface area contributed by atoms with Crippen molar-refractivity contribution in [2.24, 2.45) is 0 Å². The van der Waals surface area contributed by atoms with E-state index in [1.807, 2.05) is 24.4 Å². The zero-order valence-electron chi connectivity index (χ0n) is 14.7. The number of hydrogen-bond donors (Lipinski definition) is 2. The van der Waals surface area contributed by atoms with Crippen molar-refractivity contribution < 1.29 is 14.3 Å². The van der Waals surface area contributed by atoms with Gasteiger partial charge in [0.1, 0.15) is 5.82 Å². The van der Waals surface area contributed by atoms with Crippen LogP contribution >= 0.6 is 11.3 Å². The second kappa shape index (κ2) is 8.59. The molecule has 0 unspecified atom stereocenters. The van der Waals surface area contributed by atoms with Gasteiger partial charge in [-0.05, 0) is 30.5 Å². The number of aryl methyl sites for hydroxylation is 1. The number of amides is 1. The van der Waals surface area contributed by atoms with E-state index in [0.717, 1.165) is 4.88 Å². The second-order valence-corrected chi connectivity index (χ2v) is 6.97. The van der Waals surface area contributed by atoms with E-state index >= 15 is 0 Å². The number of carbonyl (C=O) groups is 2. The number of carbonyl (C=O) groups excluding carboxylic acids is 2. The minimum absolute atomic E-state index is 0.0229. The highest BCUT2D eigenvalue weighted by atomic mass is 32.1. The molecule has 1 aromatic carbocycles. The van der Waals surface area contributed by atoms with Crippen molar-refractivity contribution >= 4 is 34.1 Å². The molecule has 2 N–H and O–H groups in total.